The van der Waals surface area contributed by atoms with E-state index in [1.54, 1.807) is 6.20 Å². The maximum Gasteiger partial charge on any atom is 0.293 e. The highest BCUT2D eigenvalue weighted by Crippen LogP contribution is 2.03. The third kappa shape index (κ3) is 1.81. The van der Waals surface area contributed by atoms with Gasteiger partial charge in [0, 0.05) is 11.6 Å². The molecule has 0 aliphatic rings. The number of ether oxygens (including phenoxy) is 1. The largest absolute Gasteiger partial charge is 0.460 e. The number of carbonyl (C=O) groups is 1. The summed E-state index contributed by atoms with van der Waals surface area (Å²) in [7, 11) is 0. The molecule has 48 valence electrons. The molecule has 1 aromatic rings. The van der Waals surface area contributed by atoms with E-state index in [-0.39, 0.29) is 0 Å². The van der Waals surface area contributed by atoms with E-state index < -0.39 is 0 Å². The van der Waals surface area contributed by atoms with E-state index >= 15 is 0 Å². The Morgan fingerprint density at radius 3 is 3.33 bits per heavy atom. The van der Waals surface area contributed by atoms with Gasteiger partial charge in [0.2, 0.25) is 0 Å². The zero-order valence-corrected chi connectivity index (χ0v) is 5.43. The molecule has 0 N–H and O–H groups in total. The lowest BCUT2D eigenvalue weighted by Gasteiger charge is -1.89. The Balaban J connectivity index is 2.38. The highest BCUT2D eigenvalue weighted by Gasteiger charge is 1.91. The second-order valence-corrected chi connectivity index (χ2v) is 2.31. The fourth-order valence-electron chi connectivity index (χ4n) is 0.430. The summed E-state index contributed by atoms with van der Waals surface area (Å²) in [5.41, 5.74) is 0. The smallest absolute Gasteiger partial charge is 0.293 e. The van der Waals surface area contributed by atoms with Gasteiger partial charge in [-0.3, -0.25) is 4.79 Å². The quantitative estimate of drug-likeness (QED) is 0.588. The van der Waals surface area contributed by atoms with Crippen molar-refractivity contribution >= 4 is 17.8 Å². The van der Waals surface area contributed by atoms with Gasteiger partial charge in [0.25, 0.3) is 6.47 Å². The Bertz CT molecular complexity index is 173. The SMILES string of the molecule is O=COCc1nccs1. The van der Waals surface area contributed by atoms with Crippen molar-refractivity contribution in [2.45, 2.75) is 6.61 Å². The van der Waals surface area contributed by atoms with Crippen LogP contribution in [0.25, 0.3) is 0 Å². The first-order valence-electron chi connectivity index (χ1n) is 2.37. The van der Waals surface area contributed by atoms with Crippen molar-refractivity contribution < 1.29 is 9.53 Å². The topological polar surface area (TPSA) is 39.2 Å². The standard InChI is InChI=1S/C5H5NO2S/c7-4-8-3-5-6-1-2-9-5/h1-2,4H,3H2. The Kier molecular flexibility index (Phi) is 2.21. The molecule has 0 aromatic carbocycles. The highest BCUT2D eigenvalue weighted by molar-refractivity contribution is 7.09. The van der Waals surface area contributed by atoms with Crippen LogP contribution < -0.4 is 0 Å². The van der Waals surface area contributed by atoms with Gasteiger partial charge in [-0.2, -0.15) is 0 Å². The van der Waals surface area contributed by atoms with Gasteiger partial charge in [0.05, 0.1) is 0 Å². The summed E-state index contributed by atoms with van der Waals surface area (Å²) in [6.07, 6.45) is 1.67. The van der Waals surface area contributed by atoms with Gasteiger partial charge in [-0.05, 0) is 0 Å². The first-order valence-corrected chi connectivity index (χ1v) is 3.25. The van der Waals surface area contributed by atoms with Gasteiger partial charge < -0.3 is 4.74 Å². The molecule has 3 nitrogen and oxygen atoms in total. The summed E-state index contributed by atoms with van der Waals surface area (Å²) in [5.74, 6) is 0. The molecule has 0 bridgehead atoms. The molecule has 0 saturated carbocycles. The van der Waals surface area contributed by atoms with Gasteiger partial charge in [-0.25, -0.2) is 4.98 Å². The van der Waals surface area contributed by atoms with Crippen LogP contribution in [0.2, 0.25) is 0 Å². The van der Waals surface area contributed by atoms with Crippen molar-refractivity contribution in [3.05, 3.63) is 16.6 Å². The lowest BCUT2D eigenvalue weighted by atomic mass is 10.7. The second-order valence-electron chi connectivity index (χ2n) is 1.33. The first kappa shape index (κ1) is 6.22. The van der Waals surface area contributed by atoms with Crippen LogP contribution in [-0.2, 0) is 16.1 Å². The minimum atomic E-state index is 0.293. The number of carbonyl (C=O) groups excluding carboxylic acids is 1. The molecule has 0 amide bonds. The van der Waals surface area contributed by atoms with Gasteiger partial charge in [-0.1, -0.05) is 0 Å². The summed E-state index contributed by atoms with van der Waals surface area (Å²) in [5, 5.41) is 2.66. The minimum Gasteiger partial charge on any atom is -0.460 e. The van der Waals surface area contributed by atoms with Crippen molar-refractivity contribution in [1.29, 1.82) is 0 Å². The van der Waals surface area contributed by atoms with Crippen LogP contribution >= 0.6 is 11.3 Å². The number of hydrogen-bond acceptors (Lipinski definition) is 4. The summed E-state index contributed by atoms with van der Waals surface area (Å²) in [4.78, 5) is 13.5. The van der Waals surface area contributed by atoms with E-state index in [0.29, 0.717) is 13.1 Å². The van der Waals surface area contributed by atoms with E-state index in [1.807, 2.05) is 5.38 Å². The molecule has 0 radical (unpaired) electrons. The van der Waals surface area contributed by atoms with Crippen LogP contribution in [-0.4, -0.2) is 11.5 Å². The average Bonchev–Trinajstić information content (AvgIpc) is 2.34. The van der Waals surface area contributed by atoms with Gasteiger partial charge in [0.15, 0.2) is 0 Å². The Hall–Kier alpha value is -0.900. The van der Waals surface area contributed by atoms with Crippen molar-refractivity contribution in [2.75, 3.05) is 0 Å². The number of aromatic nitrogens is 1. The lowest BCUT2D eigenvalue weighted by molar-refractivity contribution is -0.129. The Morgan fingerprint density at radius 1 is 1.89 bits per heavy atom. The van der Waals surface area contributed by atoms with Crippen LogP contribution in [0.4, 0.5) is 0 Å². The van der Waals surface area contributed by atoms with Gasteiger partial charge >= 0.3 is 0 Å². The van der Waals surface area contributed by atoms with Crippen molar-refractivity contribution in [3.8, 4) is 0 Å². The monoisotopic (exact) mass is 143 g/mol. The summed E-state index contributed by atoms with van der Waals surface area (Å²) < 4.78 is 4.45. The highest BCUT2D eigenvalue weighted by atomic mass is 32.1. The fourth-order valence-corrected chi connectivity index (χ4v) is 0.966. The lowest BCUT2D eigenvalue weighted by Crippen LogP contribution is -1.87. The Labute approximate surface area is 56.3 Å². The minimum absolute atomic E-state index is 0.293. The zero-order valence-electron chi connectivity index (χ0n) is 4.61. The van der Waals surface area contributed by atoms with Crippen LogP contribution in [0.5, 0.6) is 0 Å². The fraction of sp³-hybridized carbons (Fsp3) is 0.200. The summed E-state index contributed by atoms with van der Waals surface area (Å²) in [6.45, 7) is 0.711. The number of hydrogen-bond donors (Lipinski definition) is 0. The number of rotatable bonds is 3. The maximum atomic E-state index is 9.65. The molecule has 0 fully saturated rings. The molecule has 0 saturated heterocycles. The molecule has 0 spiro atoms. The first-order chi connectivity index (χ1) is 4.43. The molecule has 9 heavy (non-hydrogen) atoms. The molecular formula is C5H5NO2S. The third-order valence-electron chi connectivity index (χ3n) is 0.758. The molecule has 0 atom stereocenters. The molecule has 1 heterocycles. The van der Waals surface area contributed by atoms with E-state index in [9.17, 15) is 4.79 Å². The van der Waals surface area contributed by atoms with Crippen LogP contribution in [0.15, 0.2) is 11.6 Å². The van der Waals surface area contributed by atoms with Crippen LogP contribution in [0.3, 0.4) is 0 Å². The van der Waals surface area contributed by atoms with Crippen LogP contribution in [0, 0.1) is 0 Å². The molecule has 0 aliphatic carbocycles. The number of thiazole rings is 1. The van der Waals surface area contributed by atoms with Crippen LogP contribution in [0.1, 0.15) is 5.01 Å². The predicted molar refractivity (Wildman–Crippen MR) is 33.0 cm³/mol. The predicted octanol–water partition coefficient (Wildman–Crippen LogP) is 0.816. The summed E-state index contributed by atoms with van der Waals surface area (Å²) in [6, 6.07) is 0. The van der Waals surface area contributed by atoms with E-state index in [2.05, 4.69) is 9.72 Å². The maximum absolute atomic E-state index is 9.65. The van der Waals surface area contributed by atoms with Crippen molar-refractivity contribution in [2.24, 2.45) is 0 Å². The molecule has 4 heteroatoms. The van der Waals surface area contributed by atoms with E-state index in [0.717, 1.165) is 5.01 Å². The third-order valence-corrected chi connectivity index (χ3v) is 1.51. The second kappa shape index (κ2) is 3.19. The molecule has 0 unspecified atom stereocenters. The molecule has 0 aliphatic heterocycles. The Morgan fingerprint density at radius 2 is 2.78 bits per heavy atom. The van der Waals surface area contributed by atoms with Gasteiger partial charge in [0.1, 0.15) is 11.6 Å². The zero-order chi connectivity index (χ0) is 6.53. The van der Waals surface area contributed by atoms with Gasteiger partial charge in [-0.15, -0.1) is 11.3 Å². The molecular weight excluding hydrogens is 138 g/mol. The van der Waals surface area contributed by atoms with E-state index in [4.69, 9.17) is 0 Å². The van der Waals surface area contributed by atoms with E-state index in [1.165, 1.54) is 11.3 Å². The normalized spacial score (nSPS) is 8.89. The van der Waals surface area contributed by atoms with Crippen molar-refractivity contribution in [3.63, 3.8) is 0 Å². The molecule has 1 aromatic heterocycles. The average molecular weight is 143 g/mol. The van der Waals surface area contributed by atoms with Crippen molar-refractivity contribution in [1.82, 2.24) is 4.98 Å². The number of nitrogens with zero attached hydrogens (tertiary/aromatic N) is 1. The summed E-state index contributed by atoms with van der Waals surface area (Å²) >= 11 is 1.47. The molecule has 1 rings (SSSR count).